The summed E-state index contributed by atoms with van der Waals surface area (Å²) in [5.74, 6) is 0.0395. The highest BCUT2D eigenvalue weighted by atomic mass is 35.5. The molecule has 3 fully saturated rings. The van der Waals surface area contributed by atoms with E-state index in [4.69, 9.17) is 16.3 Å². The Morgan fingerprint density at radius 1 is 1.24 bits per heavy atom. The van der Waals surface area contributed by atoms with Crippen molar-refractivity contribution in [3.63, 3.8) is 0 Å². The molecule has 3 aliphatic rings. The van der Waals surface area contributed by atoms with Crippen LogP contribution in [0, 0.1) is 17.6 Å². The van der Waals surface area contributed by atoms with Crippen LogP contribution >= 0.6 is 23.5 Å². The number of likely N-dealkylation sites (tertiary alicyclic amines) is 1. The number of benzene rings is 2. The van der Waals surface area contributed by atoms with Gasteiger partial charge in [-0.15, -0.1) is 0 Å². The molecule has 2 aromatic carbocycles. The second-order valence-electron chi connectivity index (χ2n) is 9.38. The number of rotatable bonds is 7. The first kappa shape index (κ1) is 22.9. The van der Waals surface area contributed by atoms with Gasteiger partial charge in [0, 0.05) is 36.0 Å². The van der Waals surface area contributed by atoms with Crippen molar-refractivity contribution >= 4 is 29.5 Å². The number of fused-ring (bicyclic) bond motifs is 2. The lowest BCUT2D eigenvalue weighted by Gasteiger charge is -2.38. The number of ether oxygens (including phenoxy) is 1. The molecule has 1 heterocycles. The molecule has 4 atom stereocenters. The van der Waals surface area contributed by atoms with Crippen LogP contribution in [0.4, 0.5) is 8.78 Å². The molecule has 0 spiro atoms. The van der Waals surface area contributed by atoms with E-state index in [1.54, 1.807) is 18.4 Å². The molecule has 176 valence electrons. The number of nitrogens with zero attached hydrogens (tertiary/aromatic N) is 1. The molecule has 1 amide bonds. The third kappa shape index (κ3) is 4.47. The molecule has 1 saturated heterocycles. The minimum atomic E-state index is -0.563. The molecule has 4 nitrogen and oxygen atoms in total. The van der Waals surface area contributed by atoms with Crippen LogP contribution in [-0.2, 0) is 0 Å². The van der Waals surface area contributed by atoms with Gasteiger partial charge >= 0.3 is 0 Å². The van der Waals surface area contributed by atoms with Gasteiger partial charge in [0.2, 0.25) is 0 Å². The van der Waals surface area contributed by atoms with Gasteiger partial charge in [0.15, 0.2) is 0 Å². The molecule has 8 heteroatoms. The number of hydrogen-bond acceptors (Lipinski definition) is 4. The first-order valence-electron chi connectivity index (χ1n) is 11.4. The van der Waals surface area contributed by atoms with Crippen LogP contribution in [0.2, 0.25) is 5.02 Å². The fourth-order valence-electron chi connectivity index (χ4n) is 5.47. The summed E-state index contributed by atoms with van der Waals surface area (Å²) < 4.78 is 37.4. The number of hydrogen-bond donors (Lipinski definition) is 1. The van der Waals surface area contributed by atoms with Gasteiger partial charge in [-0.1, -0.05) is 29.6 Å². The number of amides is 1. The average molecular weight is 493 g/mol. The Balaban J connectivity index is 1.38. The third-order valence-corrected chi connectivity index (χ3v) is 7.93. The fourth-order valence-corrected chi connectivity index (χ4v) is 6.09. The molecule has 1 N–H and O–H groups in total. The van der Waals surface area contributed by atoms with Gasteiger partial charge in [0.25, 0.3) is 5.91 Å². The van der Waals surface area contributed by atoms with Gasteiger partial charge in [-0.25, -0.2) is 8.78 Å². The Labute approximate surface area is 202 Å². The van der Waals surface area contributed by atoms with E-state index < -0.39 is 11.7 Å². The van der Waals surface area contributed by atoms with Crippen LogP contribution in [0.1, 0.15) is 66.1 Å². The summed E-state index contributed by atoms with van der Waals surface area (Å²) in [5, 5.41) is 0.431. The van der Waals surface area contributed by atoms with E-state index in [0.717, 1.165) is 55.3 Å². The van der Waals surface area contributed by atoms with Crippen LogP contribution in [0.5, 0.6) is 5.75 Å². The molecular formula is C25H27ClF2N2O2S. The summed E-state index contributed by atoms with van der Waals surface area (Å²) in [6, 6.07) is 7.81. The fraction of sp³-hybridized carbons (Fsp3) is 0.480. The topological polar surface area (TPSA) is 41.6 Å². The van der Waals surface area contributed by atoms with E-state index in [9.17, 15) is 13.6 Å². The normalized spacial score (nSPS) is 25.3. The van der Waals surface area contributed by atoms with Crippen LogP contribution in [0.25, 0.3) is 0 Å². The maximum atomic E-state index is 14.8. The van der Waals surface area contributed by atoms with E-state index in [1.165, 1.54) is 18.2 Å². The first-order valence-corrected chi connectivity index (χ1v) is 13.0. The molecule has 5 rings (SSSR count). The molecule has 0 radical (unpaired) electrons. The van der Waals surface area contributed by atoms with Crippen LogP contribution in [0.15, 0.2) is 30.3 Å². The Kier molecular flexibility index (Phi) is 6.31. The van der Waals surface area contributed by atoms with Crippen molar-refractivity contribution in [2.75, 3.05) is 12.8 Å². The first-order chi connectivity index (χ1) is 15.9. The molecule has 33 heavy (non-hydrogen) atoms. The number of carbonyl (C=O) groups is 1. The number of carbonyl (C=O) groups excluding carboxylic acids is 1. The summed E-state index contributed by atoms with van der Waals surface area (Å²) in [6.45, 7) is 3.03. The molecule has 2 saturated carbocycles. The van der Waals surface area contributed by atoms with Crippen LogP contribution in [-0.4, -0.2) is 35.8 Å². The summed E-state index contributed by atoms with van der Waals surface area (Å²) in [4.78, 5) is 14.6. The smallest absolute Gasteiger partial charge is 0.264 e. The lowest BCUT2D eigenvalue weighted by molar-refractivity contribution is 0.0506. The van der Waals surface area contributed by atoms with Gasteiger partial charge < -0.3 is 4.74 Å². The Morgan fingerprint density at radius 2 is 2.03 bits per heavy atom. The minimum absolute atomic E-state index is 0.0248. The van der Waals surface area contributed by atoms with Crippen LogP contribution in [0.3, 0.4) is 0 Å². The molecule has 1 aliphatic heterocycles. The predicted molar refractivity (Wildman–Crippen MR) is 127 cm³/mol. The molecule has 2 aromatic rings. The van der Waals surface area contributed by atoms with E-state index in [2.05, 4.69) is 16.5 Å². The Hall–Kier alpha value is -1.83. The van der Waals surface area contributed by atoms with Gasteiger partial charge in [-0.2, -0.15) is 0 Å². The number of piperidine rings is 1. The van der Waals surface area contributed by atoms with Crippen molar-refractivity contribution in [3.8, 4) is 5.75 Å². The summed E-state index contributed by atoms with van der Waals surface area (Å²) in [5.41, 5.74) is 1.89. The highest BCUT2D eigenvalue weighted by Crippen LogP contribution is 2.48. The van der Waals surface area contributed by atoms with Gasteiger partial charge in [-0.3, -0.25) is 14.4 Å². The maximum Gasteiger partial charge on any atom is 0.264 e. The molecule has 2 bridgehead atoms. The average Bonchev–Trinajstić information content (AvgIpc) is 3.42. The van der Waals surface area contributed by atoms with E-state index in [0.29, 0.717) is 22.6 Å². The van der Waals surface area contributed by atoms with Crippen molar-refractivity contribution in [1.82, 2.24) is 9.62 Å². The second kappa shape index (κ2) is 9.08. The van der Waals surface area contributed by atoms with E-state index in [1.807, 2.05) is 0 Å². The highest BCUT2D eigenvalue weighted by Gasteiger charge is 2.48. The number of halogens is 3. The van der Waals surface area contributed by atoms with Crippen molar-refractivity contribution in [1.29, 1.82) is 0 Å². The van der Waals surface area contributed by atoms with Gasteiger partial charge in [0.1, 0.15) is 23.5 Å². The third-order valence-electron chi connectivity index (χ3n) is 7.21. The SMILES string of the molecule is CSNC(=O)c1cc(C2CC2)c(OC2CC3CC2N(C(C)c2ccc(F)cc2Cl)C3)cc1F. The minimum Gasteiger partial charge on any atom is -0.488 e. The molecule has 4 unspecified atom stereocenters. The van der Waals surface area contributed by atoms with Crippen molar-refractivity contribution in [2.45, 2.75) is 56.7 Å². The molecule has 0 aromatic heterocycles. The number of nitrogens with one attached hydrogen (secondary N) is 1. The second-order valence-corrected chi connectivity index (χ2v) is 10.4. The quantitative estimate of drug-likeness (QED) is 0.474. The zero-order chi connectivity index (χ0) is 23.3. The zero-order valence-electron chi connectivity index (χ0n) is 18.6. The Morgan fingerprint density at radius 3 is 2.70 bits per heavy atom. The monoisotopic (exact) mass is 492 g/mol. The Bertz CT molecular complexity index is 1080. The predicted octanol–water partition coefficient (Wildman–Crippen LogP) is 6.11. The lowest BCUT2D eigenvalue weighted by Crippen LogP contribution is -2.45. The van der Waals surface area contributed by atoms with Crippen molar-refractivity contribution in [2.24, 2.45) is 5.92 Å². The van der Waals surface area contributed by atoms with Crippen LogP contribution < -0.4 is 9.46 Å². The summed E-state index contributed by atoms with van der Waals surface area (Å²) in [7, 11) is 0. The van der Waals surface area contributed by atoms with E-state index >= 15 is 0 Å². The van der Waals surface area contributed by atoms with Gasteiger partial charge in [0.05, 0.1) is 5.56 Å². The molecular weight excluding hydrogens is 466 g/mol. The molecule has 2 aliphatic carbocycles. The van der Waals surface area contributed by atoms with Gasteiger partial charge in [-0.05, 0) is 73.8 Å². The largest absolute Gasteiger partial charge is 0.488 e. The summed E-state index contributed by atoms with van der Waals surface area (Å²) in [6.07, 6.45) is 5.65. The van der Waals surface area contributed by atoms with Crippen molar-refractivity contribution in [3.05, 3.63) is 63.7 Å². The lowest BCUT2D eigenvalue weighted by atomic mass is 10.0. The maximum absolute atomic E-state index is 14.8. The standard InChI is InChI=1S/C25H27ClF2N2O2S/c1-13(17-6-5-16(27)9-20(17)26)30-12-14-7-22(30)24(8-14)32-23-11-21(28)19(25(31)29-33-2)10-18(23)15-3-4-15/h5-6,9-11,13-15,22,24H,3-4,7-8,12H2,1-2H3,(H,29,31). The highest BCUT2D eigenvalue weighted by molar-refractivity contribution is 7.97. The summed E-state index contributed by atoms with van der Waals surface area (Å²) >= 11 is 7.49. The van der Waals surface area contributed by atoms with Crippen molar-refractivity contribution < 1.29 is 18.3 Å². The zero-order valence-corrected chi connectivity index (χ0v) is 20.2. The van der Waals surface area contributed by atoms with E-state index in [-0.39, 0.29) is 29.6 Å².